The summed E-state index contributed by atoms with van der Waals surface area (Å²) in [5, 5.41) is 2.81. The number of rotatable bonds is 10. The van der Waals surface area contributed by atoms with Crippen molar-refractivity contribution in [1.82, 2.24) is 15.1 Å². The Bertz CT molecular complexity index is 1130. The first-order valence-electron chi connectivity index (χ1n) is 12.1. The summed E-state index contributed by atoms with van der Waals surface area (Å²) in [7, 11) is 3.53. The Hall–Kier alpha value is -3.21. The molecule has 2 aromatic carbocycles. The van der Waals surface area contributed by atoms with E-state index in [1.807, 2.05) is 7.05 Å². The molecule has 2 amide bonds. The number of nitrogens with one attached hydrogen (secondary N) is 1. The summed E-state index contributed by atoms with van der Waals surface area (Å²) in [5.74, 6) is 0.361. The van der Waals surface area contributed by atoms with E-state index < -0.39 is 12.1 Å². The van der Waals surface area contributed by atoms with Crippen LogP contribution >= 0.6 is 23.2 Å². The summed E-state index contributed by atoms with van der Waals surface area (Å²) in [5.41, 5.74) is 1.10. The minimum atomic E-state index is -0.739. The van der Waals surface area contributed by atoms with Crippen molar-refractivity contribution >= 4 is 41.2 Å². The van der Waals surface area contributed by atoms with E-state index in [-0.39, 0.29) is 41.5 Å². The lowest BCUT2D eigenvalue weighted by molar-refractivity contribution is -0.141. The zero-order valence-corrected chi connectivity index (χ0v) is 23.1. The first kappa shape index (κ1) is 29.3. The fourth-order valence-corrected chi connectivity index (χ4v) is 4.35. The molecule has 0 spiro atoms. The Morgan fingerprint density at radius 1 is 1.00 bits per heavy atom. The van der Waals surface area contributed by atoms with Crippen LogP contribution in [0.2, 0.25) is 10.0 Å². The fourth-order valence-electron chi connectivity index (χ4n) is 3.74. The number of carbonyl (C=O) groups is 3. The van der Waals surface area contributed by atoms with Gasteiger partial charge in [-0.2, -0.15) is 0 Å². The van der Waals surface area contributed by atoms with Gasteiger partial charge in [-0.15, -0.1) is 0 Å². The fraction of sp³-hybridized carbons (Fsp3) is 0.423. The topological polar surface area (TPSA) is 107 Å². The van der Waals surface area contributed by atoms with Crippen molar-refractivity contribution < 1.29 is 33.3 Å². The first-order valence-corrected chi connectivity index (χ1v) is 12.8. The molecular formula is C26H31Cl2N3O7. The SMILES string of the molecule is CCOC(=O)CNC(=O)OCCc1cc(Cl)c(Oc2ccc(OC)c(C(=O)N3CCN(C)CC3)c2)c(Cl)c1. The van der Waals surface area contributed by atoms with Gasteiger partial charge >= 0.3 is 12.1 Å². The summed E-state index contributed by atoms with van der Waals surface area (Å²) in [6.07, 6.45) is -0.407. The van der Waals surface area contributed by atoms with Crippen molar-refractivity contribution in [3.63, 3.8) is 0 Å². The zero-order chi connectivity index (χ0) is 27.7. The molecule has 3 rings (SSSR count). The summed E-state index contributed by atoms with van der Waals surface area (Å²) < 4.78 is 21.2. The standard InChI is InChI=1S/C26H31Cl2N3O7/c1-4-36-23(32)16-29-26(34)37-12-7-17-13-20(27)24(21(28)14-17)38-18-5-6-22(35-3)19(15-18)25(33)31-10-8-30(2)9-11-31/h5-6,13-15H,4,7-12,16H2,1-3H3,(H,29,34). The van der Waals surface area contributed by atoms with Crippen LogP contribution in [0.4, 0.5) is 4.79 Å². The van der Waals surface area contributed by atoms with Crippen molar-refractivity contribution in [2.24, 2.45) is 0 Å². The predicted molar refractivity (Wildman–Crippen MR) is 143 cm³/mol. The molecule has 38 heavy (non-hydrogen) atoms. The van der Waals surface area contributed by atoms with E-state index in [4.69, 9.17) is 42.1 Å². The molecule has 206 valence electrons. The summed E-state index contributed by atoms with van der Waals surface area (Å²) >= 11 is 12.9. The van der Waals surface area contributed by atoms with Gasteiger partial charge in [0.15, 0.2) is 5.75 Å². The average molecular weight is 568 g/mol. The van der Waals surface area contributed by atoms with Crippen LogP contribution in [-0.4, -0.2) is 87.9 Å². The highest BCUT2D eigenvalue weighted by molar-refractivity contribution is 6.37. The molecule has 1 aliphatic heterocycles. The summed E-state index contributed by atoms with van der Waals surface area (Å²) in [6.45, 7) is 4.51. The van der Waals surface area contributed by atoms with Crippen LogP contribution < -0.4 is 14.8 Å². The number of ether oxygens (including phenoxy) is 4. The Morgan fingerprint density at radius 3 is 2.32 bits per heavy atom. The number of hydrogen-bond donors (Lipinski definition) is 1. The van der Waals surface area contributed by atoms with Gasteiger partial charge in [0, 0.05) is 32.6 Å². The van der Waals surface area contributed by atoms with E-state index in [1.54, 1.807) is 42.2 Å². The molecule has 0 radical (unpaired) electrons. The molecular weight excluding hydrogens is 537 g/mol. The van der Waals surface area contributed by atoms with Crippen molar-refractivity contribution in [3.05, 3.63) is 51.5 Å². The Kier molecular flexibility index (Phi) is 10.9. The number of esters is 1. The Morgan fingerprint density at radius 2 is 1.68 bits per heavy atom. The molecule has 1 heterocycles. The van der Waals surface area contributed by atoms with Gasteiger partial charge in [0.25, 0.3) is 5.91 Å². The quantitative estimate of drug-likeness (QED) is 0.429. The number of hydrogen-bond acceptors (Lipinski definition) is 8. The molecule has 1 saturated heterocycles. The molecule has 0 atom stereocenters. The highest BCUT2D eigenvalue weighted by Gasteiger charge is 2.24. The third kappa shape index (κ3) is 8.14. The van der Waals surface area contributed by atoms with Gasteiger partial charge in [-0.3, -0.25) is 9.59 Å². The molecule has 0 saturated carbocycles. The molecule has 10 nitrogen and oxygen atoms in total. The van der Waals surface area contributed by atoms with Gasteiger partial charge in [-0.05, 0) is 49.9 Å². The lowest BCUT2D eigenvalue weighted by Gasteiger charge is -2.32. The summed E-state index contributed by atoms with van der Waals surface area (Å²) in [4.78, 5) is 40.1. The lowest BCUT2D eigenvalue weighted by Crippen LogP contribution is -2.47. The second-order valence-electron chi connectivity index (χ2n) is 8.49. The van der Waals surface area contributed by atoms with Gasteiger partial charge in [-0.25, -0.2) is 4.79 Å². The molecule has 0 aliphatic carbocycles. The highest BCUT2D eigenvalue weighted by atomic mass is 35.5. The van der Waals surface area contributed by atoms with Gasteiger partial charge in [0.1, 0.15) is 18.0 Å². The lowest BCUT2D eigenvalue weighted by atomic mass is 10.1. The number of nitrogens with zero attached hydrogens (tertiary/aromatic N) is 2. The van der Waals surface area contributed by atoms with Crippen molar-refractivity contribution in [3.8, 4) is 17.2 Å². The number of likely N-dealkylation sites (N-methyl/N-ethyl adjacent to an activating group) is 1. The molecule has 0 aromatic heterocycles. The molecule has 2 aromatic rings. The van der Waals surface area contributed by atoms with Crippen LogP contribution in [0, 0.1) is 0 Å². The van der Waals surface area contributed by atoms with Crippen molar-refractivity contribution in [2.75, 3.05) is 60.1 Å². The van der Waals surface area contributed by atoms with Gasteiger partial charge in [-0.1, -0.05) is 23.2 Å². The third-order valence-electron chi connectivity index (χ3n) is 5.78. The molecule has 1 aliphatic rings. The van der Waals surface area contributed by atoms with E-state index in [1.165, 1.54) is 7.11 Å². The monoisotopic (exact) mass is 567 g/mol. The van der Waals surface area contributed by atoms with Crippen LogP contribution in [0.25, 0.3) is 0 Å². The van der Waals surface area contributed by atoms with Gasteiger partial charge in [0.2, 0.25) is 0 Å². The number of carbonyl (C=O) groups excluding carboxylic acids is 3. The average Bonchev–Trinajstić information content (AvgIpc) is 2.89. The Balaban J connectivity index is 1.63. The molecule has 12 heteroatoms. The maximum Gasteiger partial charge on any atom is 0.407 e. The van der Waals surface area contributed by atoms with Crippen molar-refractivity contribution in [1.29, 1.82) is 0 Å². The van der Waals surface area contributed by atoms with Crippen LogP contribution in [-0.2, 0) is 20.7 Å². The third-order valence-corrected chi connectivity index (χ3v) is 6.34. The molecule has 0 unspecified atom stereocenters. The van der Waals surface area contributed by atoms with Crippen molar-refractivity contribution in [2.45, 2.75) is 13.3 Å². The minimum Gasteiger partial charge on any atom is -0.496 e. The maximum atomic E-state index is 13.2. The van der Waals surface area contributed by atoms with Crippen LogP contribution in [0.3, 0.4) is 0 Å². The van der Waals surface area contributed by atoms with E-state index in [2.05, 4.69) is 10.2 Å². The molecule has 1 fully saturated rings. The molecule has 1 N–H and O–H groups in total. The number of piperazine rings is 1. The predicted octanol–water partition coefficient (Wildman–Crippen LogP) is 4.01. The number of halogens is 2. The number of methoxy groups -OCH3 is 1. The van der Waals surface area contributed by atoms with Gasteiger partial charge < -0.3 is 34.1 Å². The minimum absolute atomic E-state index is 0.0394. The molecule has 0 bridgehead atoms. The largest absolute Gasteiger partial charge is 0.496 e. The van der Waals surface area contributed by atoms with Crippen LogP contribution in [0.5, 0.6) is 17.2 Å². The van der Waals surface area contributed by atoms with Gasteiger partial charge in [0.05, 0.1) is 35.9 Å². The maximum absolute atomic E-state index is 13.2. The Labute approximate surface area is 231 Å². The first-order chi connectivity index (χ1) is 18.2. The van der Waals surface area contributed by atoms with E-state index in [0.29, 0.717) is 42.1 Å². The second-order valence-corrected chi connectivity index (χ2v) is 9.31. The van der Waals surface area contributed by atoms with Crippen LogP contribution in [0.15, 0.2) is 30.3 Å². The van der Waals surface area contributed by atoms with Crippen LogP contribution in [0.1, 0.15) is 22.8 Å². The summed E-state index contributed by atoms with van der Waals surface area (Å²) in [6, 6.07) is 8.26. The normalized spacial score (nSPS) is 13.6. The second kappa shape index (κ2) is 14.1. The zero-order valence-electron chi connectivity index (χ0n) is 21.6. The number of alkyl carbamates (subject to hydrolysis) is 1. The van der Waals surface area contributed by atoms with E-state index in [9.17, 15) is 14.4 Å². The van der Waals surface area contributed by atoms with E-state index >= 15 is 0 Å². The number of benzene rings is 2. The van der Waals surface area contributed by atoms with E-state index in [0.717, 1.165) is 13.1 Å². The highest BCUT2D eigenvalue weighted by Crippen LogP contribution is 2.38. The number of amides is 2. The smallest absolute Gasteiger partial charge is 0.407 e.